The van der Waals surface area contributed by atoms with Gasteiger partial charge in [0.1, 0.15) is 5.69 Å². The Labute approximate surface area is 135 Å². The van der Waals surface area contributed by atoms with Crippen LogP contribution in [0.1, 0.15) is 24.3 Å². The molecule has 2 heterocycles. The van der Waals surface area contributed by atoms with Crippen molar-refractivity contribution in [1.29, 1.82) is 0 Å². The Morgan fingerprint density at radius 3 is 2.41 bits per heavy atom. The Balaban J connectivity index is 1.95. The molecule has 3 nitrogen and oxygen atoms in total. The summed E-state index contributed by atoms with van der Waals surface area (Å²) >= 11 is 6.22. The van der Waals surface area contributed by atoms with Gasteiger partial charge in [0, 0.05) is 22.7 Å². The fourth-order valence-electron chi connectivity index (χ4n) is 2.75. The summed E-state index contributed by atoms with van der Waals surface area (Å²) in [7, 11) is 0. The largest absolute Gasteiger partial charge is 0.325 e. The molecule has 1 aliphatic heterocycles. The van der Waals surface area contributed by atoms with Crippen molar-refractivity contribution in [3.05, 3.63) is 65.3 Å². The molecule has 4 heteroatoms. The summed E-state index contributed by atoms with van der Waals surface area (Å²) in [5, 5.41) is 0.629. The molecular weight excluding hydrogens is 296 g/mol. The summed E-state index contributed by atoms with van der Waals surface area (Å²) in [4.78, 5) is 19.1. The van der Waals surface area contributed by atoms with E-state index in [1.165, 1.54) is 0 Å². The first-order valence-electron chi connectivity index (χ1n) is 7.31. The van der Waals surface area contributed by atoms with Gasteiger partial charge in [0.25, 0.3) is 5.91 Å². The van der Waals surface area contributed by atoms with Crippen molar-refractivity contribution < 1.29 is 4.79 Å². The van der Waals surface area contributed by atoms with Crippen LogP contribution in [0.5, 0.6) is 0 Å². The second kappa shape index (κ2) is 5.93. The predicted octanol–water partition coefficient (Wildman–Crippen LogP) is 4.19. The van der Waals surface area contributed by atoms with Crippen LogP contribution in [0.2, 0.25) is 5.02 Å². The lowest BCUT2D eigenvalue weighted by molar-refractivity contribution is 0.0703. The Morgan fingerprint density at radius 1 is 1.05 bits per heavy atom. The molecule has 2 unspecified atom stereocenters. The quantitative estimate of drug-likeness (QED) is 0.779. The molecule has 1 aliphatic rings. The molecule has 0 N–H and O–H groups in total. The highest BCUT2D eigenvalue weighted by molar-refractivity contribution is 6.33. The third kappa shape index (κ3) is 2.64. The van der Waals surface area contributed by atoms with E-state index in [-0.39, 0.29) is 18.0 Å². The topological polar surface area (TPSA) is 33.2 Å². The zero-order valence-corrected chi connectivity index (χ0v) is 13.3. The molecule has 1 amide bonds. The molecule has 0 fully saturated rings. The van der Waals surface area contributed by atoms with E-state index in [2.05, 4.69) is 4.98 Å². The summed E-state index contributed by atoms with van der Waals surface area (Å²) in [5.41, 5.74) is 1.99. The molecule has 3 rings (SSSR count). The lowest BCUT2D eigenvalue weighted by Crippen LogP contribution is -2.39. The van der Waals surface area contributed by atoms with Crippen molar-refractivity contribution in [1.82, 2.24) is 9.88 Å². The maximum absolute atomic E-state index is 12.7. The van der Waals surface area contributed by atoms with E-state index in [9.17, 15) is 4.79 Å². The number of carbonyl (C=O) groups is 1. The van der Waals surface area contributed by atoms with Gasteiger partial charge in [-0.15, -0.1) is 0 Å². The van der Waals surface area contributed by atoms with E-state index in [0.717, 1.165) is 5.56 Å². The summed E-state index contributed by atoms with van der Waals surface area (Å²) in [5.74, 6) is -0.0566. The predicted molar refractivity (Wildman–Crippen MR) is 88.9 cm³/mol. The minimum absolute atomic E-state index is 0.0566. The van der Waals surface area contributed by atoms with Crippen molar-refractivity contribution in [2.24, 2.45) is 0 Å². The molecule has 0 bridgehead atoms. The van der Waals surface area contributed by atoms with Gasteiger partial charge in [0.05, 0.1) is 5.69 Å². The molecule has 0 spiro atoms. The average Bonchev–Trinajstić information content (AvgIpc) is 2.86. The van der Waals surface area contributed by atoms with Crippen LogP contribution in [0.3, 0.4) is 0 Å². The number of hydrogen-bond acceptors (Lipinski definition) is 2. The van der Waals surface area contributed by atoms with Gasteiger partial charge in [-0.05, 0) is 32.0 Å². The highest BCUT2D eigenvalue weighted by Crippen LogP contribution is 2.26. The number of benzene rings is 1. The number of aromatic nitrogens is 1. The minimum Gasteiger partial charge on any atom is -0.325 e. The molecule has 0 aliphatic carbocycles. The van der Waals surface area contributed by atoms with Crippen LogP contribution >= 0.6 is 11.6 Å². The molecule has 1 aromatic carbocycles. The molecule has 1 aromatic heterocycles. The number of hydrogen-bond donors (Lipinski definition) is 0. The molecule has 0 saturated carbocycles. The van der Waals surface area contributed by atoms with Crippen molar-refractivity contribution >= 4 is 17.5 Å². The lowest BCUT2D eigenvalue weighted by atomic mass is 10.1. The second-order valence-electron chi connectivity index (χ2n) is 5.47. The van der Waals surface area contributed by atoms with Crippen LogP contribution in [0, 0.1) is 0 Å². The fraction of sp³-hybridized carbons (Fsp3) is 0.222. The van der Waals surface area contributed by atoms with E-state index >= 15 is 0 Å². The van der Waals surface area contributed by atoms with E-state index in [1.807, 2.05) is 67.3 Å². The highest BCUT2D eigenvalue weighted by Gasteiger charge is 2.28. The fourth-order valence-corrected chi connectivity index (χ4v) is 2.99. The van der Waals surface area contributed by atoms with Crippen LogP contribution in [0.15, 0.2) is 54.6 Å². The number of amides is 1. The van der Waals surface area contributed by atoms with E-state index in [0.29, 0.717) is 16.4 Å². The molecule has 112 valence electrons. The molecule has 2 atom stereocenters. The maximum Gasteiger partial charge on any atom is 0.273 e. The second-order valence-corrected chi connectivity index (χ2v) is 5.87. The first kappa shape index (κ1) is 14.8. The monoisotopic (exact) mass is 312 g/mol. The smallest absolute Gasteiger partial charge is 0.273 e. The minimum atomic E-state index is -0.0566. The molecular formula is C18H17ClN2O. The first-order chi connectivity index (χ1) is 10.6. The third-order valence-corrected chi connectivity index (χ3v) is 4.23. The van der Waals surface area contributed by atoms with Crippen LogP contribution < -0.4 is 0 Å². The van der Waals surface area contributed by atoms with E-state index in [4.69, 9.17) is 11.6 Å². The number of nitrogens with zero attached hydrogens (tertiary/aromatic N) is 2. The molecule has 22 heavy (non-hydrogen) atoms. The van der Waals surface area contributed by atoms with Gasteiger partial charge in [0.2, 0.25) is 0 Å². The highest BCUT2D eigenvalue weighted by atomic mass is 35.5. The maximum atomic E-state index is 12.7. The number of carbonyl (C=O) groups excluding carboxylic acids is 1. The number of pyridine rings is 1. The summed E-state index contributed by atoms with van der Waals surface area (Å²) in [6.45, 7) is 4.02. The van der Waals surface area contributed by atoms with Gasteiger partial charge < -0.3 is 4.90 Å². The van der Waals surface area contributed by atoms with Crippen LogP contribution in [0.25, 0.3) is 11.3 Å². The van der Waals surface area contributed by atoms with Crippen LogP contribution in [-0.4, -0.2) is 27.9 Å². The number of halogens is 1. The first-order valence-corrected chi connectivity index (χ1v) is 7.68. The Bertz CT molecular complexity index is 729. The molecule has 0 radical (unpaired) electrons. The van der Waals surface area contributed by atoms with Crippen molar-refractivity contribution in [3.8, 4) is 11.3 Å². The van der Waals surface area contributed by atoms with Gasteiger partial charge >= 0.3 is 0 Å². The standard InChI is InChI=1S/C18H17ClN2O/c1-12-10-11-13(2)21(12)18(22)17-9-5-8-16(20-17)14-6-3-4-7-15(14)19/h3-13H,1-2H3. The average molecular weight is 313 g/mol. The molecule has 0 saturated heterocycles. The zero-order chi connectivity index (χ0) is 15.7. The van der Waals surface area contributed by atoms with Gasteiger partial charge in [0.15, 0.2) is 0 Å². The van der Waals surface area contributed by atoms with E-state index in [1.54, 1.807) is 6.07 Å². The Morgan fingerprint density at radius 2 is 1.73 bits per heavy atom. The third-order valence-electron chi connectivity index (χ3n) is 3.90. The van der Waals surface area contributed by atoms with Crippen molar-refractivity contribution in [2.75, 3.05) is 0 Å². The SMILES string of the molecule is CC1C=CC(C)N1C(=O)c1cccc(-c2ccccc2Cl)n1. The lowest BCUT2D eigenvalue weighted by Gasteiger charge is -2.26. The van der Waals surface area contributed by atoms with E-state index < -0.39 is 0 Å². The van der Waals surface area contributed by atoms with Crippen LogP contribution in [0.4, 0.5) is 0 Å². The van der Waals surface area contributed by atoms with Crippen molar-refractivity contribution in [2.45, 2.75) is 25.9 Å². The Kier molecular flexibility index (Phi) is 3.99. The summed E-state index contributed by atoms with van der Waals surface area (Å²) in [6.07, 6.45) is 4.08. The van der Waals surface area contributed by atoms with Gasteiger partial charge in [-0.2, -0.15) is 0 Å². The normalized spacial score (nSPS) is 20.4. The number of rotatable bonds is 2. The van der Waals surface area contributed by atoms with Crippen molar-refractivity contribution in [3.63, 3.8) is 0 Å². The van der Waals surface area contributed by atoms with Crippen LogP contribution in [-0.2, 0) is 0 Å². The van der Waals surface area contributed by atoms with Gasteiger partial charge in [-0.3, -0.25) is 4.79 Å². The Hall–Kier alpha value is -2.13. The van der Waals surface area contributed by atoms with Gasteiger partial charge in [-0.1, -0.05) is 48.0 Å². The summed E-state index contributed by atoms with van der Waals surface area (Å²) in [6, 6.07) is 13.2. The van der Waals surface area contributed by atoms with Gasteiger partial charge in [-0.25, -0.2) is 4.98 Å². The summed E-state index contributed by atoms with van der Waals surface area (Å²) < 4.78 is 0. The zero-order valence-electron chi connectivity index (χ0n) is 12.5. The molecule has 2 aromatic rings.